The van der Waals surface area contributed by atoms with Gasteiger partial charge >= 0.3 is 0 Å². The van der Waals surface area contributed by atoms with Crippen LogP contribution in [-0.2, 0) is 6.54 Å². The van der Waals surface area contributed by atoms with Crippen LogP contribution in [0.1, 0.15) is 37.7 Å². The summed E-state index contributed by atoms with van der Waals surface area (Å²) in [7, 11) is 0. The molecular formula is C14H19BrClNO. The van der Waals surface area contributed by atoms with Crippen molar-refractivity contribution in [1.29, 1.82) is 0 Å². The molecule has 18 heavy (non-hydrogen) atoms. The number of hydrogen-bond donors (Lipinski definition) is 2. The Morgan fingerprint density at radius 2 is 2.06 bits per heavy atom. The minimum absolute atomic E-state index is 0.210. The second-order valence-electron chi connectivity index (χ2n) is 4.94. The lowest BCUT2D eigenvalue weighted by atomic mass is 10.1. The second kappa shape index (κ2) is 6.90. The van der Waals surface area contributed by atoms with Crippen LogP contribution in [0, 0.1) is 0 Å². The van der Waals surface area contributed by atoms with Crippen molar-refractivity contribution in [1.82, 2.24) is 5.32 Å². The van der Waals surface area contributed by atoms with Crippen LogP contribution in [0.5, 0.6) is 0 Å². The molecule has 100 valence electrons. The summed E-state index contributed by atoms with van der Waals surface area (Å²) in [6.45, 7) is 0.759. The average Bonchev–Trinajstić information content (AvgIpc) is 2.56. The van der Waals surface area contributed by atoms with E-state index in [0.29, 0.717) is 0 Å². The Kier molecular flexibility index (Phi) is 5.49. The van der Waals surface area contributed by atoms with Gasteiger partial charge in [-0.05, 0) is 46.5 Å². The van der Waals surface area contributed by atoms with Gasteiger partial charge in [0.25, 0.3) is 0 Å². The zero-order valence-corrected chi connectivity index (χ0v) is 12.7. The number of halogens is 2. The van der Waals surface area contributed by atoms with Crippen LogP contribution in [0.15, 0.2) is 22.7 Å². The lowest BCUT2D eigenvalue weighted by Crippen LogP contribution is -2.38. The fraction of sp³-hybridized carbons (Fsp3) is 0.571. The van der Waals surface area contributed by atoms with E-state index in [1.54, 1.807) is 0 Å². The van der Waals surface area contributed by atoms with Crippen LogP contribution >= 0.6 is 27.5 Å². The van der Waals surface area contributed by atoms with Gasteiger partial charge < -0.3 is 10.4 Å². The summed E-state index contributed by atoms with van der Waals surface area (Å²) < 4.78 is 0.919. The van der Waals surface area contributed by atoms with E-state index >= 15 is 0 Å². The maximum atomic E-state index is 10.0. The molecule has 0 heterocycles. The molecule has 2 rings (SSSR count). The van der Waals surface area contributed by atoms with Crippen molar-refractivity contribution >= 4 is 27.5 Å². The summed E-state index contributed by atoms with van der Waals surface area (Å²) in [4.78, 5) is 0. The van der Waals surface area contributed by atoms with E-state index in [1.807, 2.05) is 18.2 Å². The molecule has 0 radical (unpaired) electrons. The predicted octanol–water partition coefficient (Wildman–Crippen LogP) is 3.89. The van der Waals surface area contributed by atoms with Gasteiger partial charge in [-0.15, -0.1) is 0 Å². The van der Waals surface area contributed by atoms with E-state index in [1.165, 1.54) is 12.8 Å². The van der Waals surface area contributed by atoms with E-state index in [2.05, 4.69) is 21.2 Å². The highest BCUT2D eigenvalue weighted by atomic mass is 79.9. The first-order chi connectivity index (χ1) is 8.66. The lowest BCUT2D eigenvalue weighted by Gasteiger charge is -2.22. The van der Waals surface area contributed by atoms with Crippen molar-refractivity contribution in [2.45, 2.75) is 50.8 Å². The molecule has 4 heteroatoms. The maximum absolute atomic E-state index is 10.0. The molecule has 2 atom stereocenters. The molecule has 2 nitrogen and oxygen atoms in total. The minimum Gasteiger partial charge on any atom is -0.392 e. The number of nitrogens with one attached hydrogen (secondary N) is 1. The highest BCUT2D eigenvalue weighted by molar-refractivity contribution is 9.10. The molecule has 0 aromatic heterocycles. The van der Waals surface area contributed by atoms with E-state index in [-0.39, 0.29) is 12.1 Å². The topological polar surface area (TPSA) is 32.3 Å². The number of aliphatic hydroxyl groups is 1. The Hall–Kier alpha value is -0.0900. The van der Waals surface area contributed by atoms with Crippen molar-refractivity contribution in [3.05, 3.63) is 33.3 Å². The summed E-state index contributed by atoms with van der Waals surface area (Å²) in [5, 5.41) is 14.2. The molecule has 0 spiro atoms. The van der Waals surface area contributed by atoms with Crippen molar-refractivity contribution in [3.8, 4) is 0 Å². The predicted molar refractivity (Wildman–Crippen MR) is 78.9 cm³/mol. The average molecular weight is 333 g/mol. The molecule has 1 saturated carbocycles. The standard InChI is InChI=1S/C14H19BrClNO/c15-11-7-6-10(8-12(11)16)9-17-13-4-2-1-3-5-14(13)18/h6-8,13-14,17-18H,1-5,9H2. The minimum atomic E-state index is -0.210. The lowest BCUT2D eigenvalue weighted by molar-refractivity contribution is 0.119. The van der Waals surface area contributed by atoms with Crippen LogP contribution in [0.3, 0.4) is 0 Å². The Bertz CT molecular complexity index is 399. The summed E-state index contributed by atoms with van der Waals surface area (Å²) in [5.74, 6) is 0. The van der Waals surface area contributed by atoms with E-state index in [0.717, 1.165) is 40.9 Å². The zero-order valence-electron chi connectivity index (χ0n) is 10.3. The molecule has 0 amide bonds. The van der Waals surface area contributed by atoms with Gasteiger partial charge in [-0.3, -0.25) is 0 Å². The van der Waals surface area contributed by atoms with Crippen molar-refractivity contribution in [2.75, 3.05) is 0 Å². The van der Waals surface area contributed by atoms with Gasteiger partial charge in [-0.1, -0.05) is 36.9 Å². The quantitative estimate of drug-likeness (QED) is 0.823. The first-order valence-electron chi connectivity index (χ1n) is 6.52. The van der Waals surface area contributed by atoms with Crippen molar-refractivity contribution in [3.63, 3.8) is 0 Å². The molecular weight excluding hydrogens is 314 g/mol. The highest BCUT2D eigenvalue weighted by Gasteiger charge is 2.20. The summed E-state index contributed by atoms with van der Waals surface area (Å²) >= 11 is 9.45. The molecule has 1 aromatic rings. The van der Waals surface area contributed by atoms with Gasteiger partial charge in [0.1, 0.15) is 0 Å². The van der Waals surface area contributed by atoms with Crippen molar-refractivity contribution < 1.29 is 5.11 Å². The van der Waals surface area contributed by atoms with Crippen LogP contribution < -0.4 is 5.32 Å². The zero-order chi connectivity index (χ0) is 13.0. The molecule has 1 aliphatic carbocycles. The maximum Gasteiger partial charge on any atom is 0.0693 e. The molecule has 2 N–H and O–H groups in total. The van der Waals surface area contributed by atoms with E-state index in [9.17, 15) is 5.11 Å². The fourth-order valence-corrected chi connectivity index (χ4v) is 2.87. The third-order valence-corrected chi connectivity index (χ3v) is 4.76. The Balaban J connectivity index is 1.91. The Morgan fingerprint density at radius 1 is 1.28 bits per heavy atom. The molecule has 0 bridgehead atoms. The molecule has 1 aliphatic rings. The fourth-order valence-electron chi connectivity index (χ4n) is 2.42. The van der Waals surface area contributed by atoms with Gasteiger partial charge in [-0.25, -0.2) is 0 Å². The van der Waals surface area contributed by atoms with Gasteiger partial charge in [0.15, 0.2) is 0 Å². The summed E-state index contributed by atoms with van der Waals surface area (Å²) in [6.07, 6.45) is 5.35. The number of hydrogen-bond acceptors (Lipinski definition) is 2. The van der Waals surface area contributed by atoms with Crippen LogP contribution in [0.4, 0.5) is 0 Å². The molecule has 0 saturated heterocycles. The summed E-state index contributed by atoms with van der Waals surface area (Å²) in [5.41, 5.74) is 1.15. The highest BCUT2D eigenvalue weighted by Crippen LogP contribution is 2.23. The van der Waals surface area contributed by atoms with Gasteiger partial charge in [0.2, 0.25) is 0 Å². The van der Waals surface area contributed by atoms with E-state index < -0.39 is 0 Å². The Labute approximate surface area is 122 Å². The first-order valence-corrected chi connectivity index (χ1v) is 7.69. The number of benzene rings is 1. The largest absolute Gasteiger partial charge is 0.392 e. The van der Waals surface area contributed by atoms with Crippen LogP contribution in [0.2, 0.25) is 5.02 Å². The monoisotopic (exact) mass is 331 g/mol. The van der Waals surface area contributed by atoms with Crippen LogP contribution in [-0.4, -0.2) is 17.3 Å². The number of rotatable bonds is 3. The Morgan fingerprint density at radius 3 is 2.83 bits per heavy atom. The second-order valence-corrected chi connectivity index (χ2v) is 6.20. The third kappa shape index (κ3) is 3.95. The van der Waals surface area contributed by atoms with Gasteiger partial charge in [-0.2, -0.15) is 0 Å². The smallest absolute Gasteiger partial charge is 0.0693 e. The SMILES string of the molecule is OC1CCCCCC1NCc1ccc(Br)c(Cl)c1. The third-order valence-electron chi connectivity index (χ3n) is 3.53. The first kappa shape index (κ1) is 14.3. The van der Waals surface area contributed by atoms with Crippen molar-refractivity contribution in [2.24, 2.45) is 0 Å². The molecule has 1 fully saturated rings. The van der Waals surface area contributed by atoms with Crippen LogP contribution in [0.25, 0.3) is 0 Å². The van der Waals surface area contributed by atoms with E-state index in [4.69, 9.17) is 11.6 Å². The summed E-state index contributed by atoms with van der Waals surface area (Å²) in [6, 6.07) is 6.19. The van der Waals surface area contributed by atoms with Gasteiger partial charge in [0.05, 0.1) is 11.1 Å². The molecule has 0 aliphatic heterocycles. The number of aliphatic hydroxyl groups excluding tert-OH is 1. The molecule has 1 aromatic carbocycles. The molecule has 2 unspecified atom stereocenters. The van der Waals surface area contributed by atoms with Gasteiger partial charge in [0, 0.05) is 17.1 Å². The normalized spacial score (nSPS) is 24.8.